The highest BCUT2D eigenvalue weighted by Crippen LogP contribution is 2.17. The monoisotopic (exact) mass is 238 g/mol. The third kappa shape index (κ3) is 2.77. The van der Waals surface area contributed by atoms with E-state index in [9.17, 15) is 0 Å². The van der Waals surface area contributed by atoms with Gasteiger partial charge < -0.3 is 10.6 Å². The molecule has 2 N–H and O–H groups in total. The number of anilines is 2. The van der Waals surface area contributed by atoms with Crippen LogP contribution in [0.1, 0.15) is 11.1 Å². The molecule has 0 saturated heterocycles. The number of nitrogen functional groups attached to an aromatic ring is 1. The van der Waals surface area contributed by atoms with Crippen molar-refractivity contribution in [2.75, 3.05) is 17.7 Å². The Morgan fingerprint density at radius 2 is 2.17 bits per heavy atom. The van der Waals surface area contributed by atoms with Crippen LogP contribution < -0.4 is 10.6 Å². The molecule has 0 aliphatic heterocycles. The first-order valence-electron chi connectivity index (χ1n) is 5.60. The number of nitriles is 1. The minimum Gasteiger partial charge on any atom is -0.397 e. The molecule has 0 fully saturated rings. The summed E-state index contributed by atoms with van der Waals surface area (Å²) in [6, 6.07) is 11.6. The average Bonchev–Trinajstić information content (AvgIpc) is 2.39. The third-order valence-electron chi connectivity index (χ3n) is 2.66. The van der Waals surface area contributed by atoms with Crippen LogP contribution in [0.15, 0.2) is 42.7 Å². The van der Waals surface area contributed by atoms with Crippen molar-refractivity contribution >= 4 is 11.4 Å². The van der Waals surface area contributed by atoms with E-state index in [1.54, 1.807) is 18.5 Å². The van der Waals surface area contributed by atoms with Gasteiger partial charge in [-0.2, -0.15) is 5.26 Å². The standard InChI is InChI=1S/C14H14N4/c1-18(14-6-13(16)8-17-9-14)10-12-4-2-3-11(5-12)7-15/h2-6,8-9H,10,16H2,1H3. The van der Waals surface area contributed by atoms with Gasteiger partial charge in [0.25, 0.3) is 0 Å². The zero-order chi connectivity index (χ0) is 13.0. The third-order valence-corrected chi connectivity index (χ3v) is 2.66. The van der Waals surface area contributed by atoms with E-state index in [0.29, 0.717) is 17.8 Å². The SMILES string of the molecule is CN(Cc1cccc(C#N)c1)c1cncc(N)c1. The van der Waals surface area contributed by atoms with Crippen LogP contribution in [0, 0.1) is 11.3 Å². The Hall–Kier alpha value is -2.54. The molecule has 0 spiro atoms. The van der Waals surface area contributed by atoms with Gasteiger partial charge in [0.05, 0.1) is 29.2 Å². The van der Waals surface area contributed by atoms with Gasteiger partial charge in [0.1, 0.15) is 0 Å². The molecule has 1 aromatic carbocycles. The zero-order valence-corrected chi connectivity index (χ0v) is 10.2. The molecule has 1 aromatic heterocycles. The minimum atomic E-state index is 0.644. The van der Waals surface area contributed by atoms with Crippen molar-refractivity contribution < 1.29 is 0 Å². The fourth-order valence-corrected chi connectivity index (χ4v) is 1.76. The maximum atomic E-state index is 8.86. The second-order valence-electron chi connectivity index (χ2n) is 4.14. The summed E-state index contributed by atoms with van der Waals surface area (Å²) in [5.74, 6) is 0. The van der Waals surface area contributed by atoms with Crippen LogP contribution in [0.25, 0.3) is 0 Å². The second kappa shape index (κ2) is 5.19. The maximum absolute atomic E-state index is 8.86. The predicted molar refractivity (Wildman–Crippen MR) is 71.9 cm³/mol. The van der Waals surface area contributed by atoms with E-state index < -0.39 is 0 Å². The lowest BCUT2D eigenvalue weighted by atomic mass is 10.1. The van der Waals surface area contributed by atoms with Crippen molar-refractivity contribution in [3.05, 3.63) is 53.9 Å². The van der Waals surface area contributed by atoms with E-state index in [4.69, 9.17) is 11.0 Å². The molecule has 0 atom stereocenters. The molecule has 0 aliphatic rings. The highest BCUT2D eigenvalue weighted by Gasteiger charge is 2.03. The normalized spacial score (nSPS) is 9.78. The maximum Gasteiger partial charge on any atom is 0.0991 e. The number of rotatable bonds is 3. The number of benzene rings is 1. The van der Waals surface area contributed by atoms with Crippen molar-refractivity contribution in [1.29, 1.82) is 5.26 Å². The number of nitrogens with zero attached hydrogens (tertiary/aromatic N) is 3. The van der Waals surface area contributed by atoms with Crippen LogP contribution >= 0.6 is 0 Å². The molecular weight excluding hydrogens is 224 g/mol. The molecule has 18 heavy (non-hydrogen) atoms. The van der Waals surface area contributed by atoms with Crippen LogP contribution in [-0.4, -0.2) is 12.0 Å². The van der Waals surface area contributed by atoms with E-state index >= 15 is 0 Å². The van der Waals surface area contributed by atoms with Gasteiger partial charge in [-0.15, -0.1) is 0 Å². The minimum absolute atomic E-state index is 0.644. The van der Waals surface area contributed by atoms with Gasteiger partial charge in [0.15, 0.2) is 0 Å². The summed E-state index contributed by atoms with van der Waals surface area (Å²) in [5, 5.41) is 8.86. The second-order valence-corrected chi connectivity index (χ2v) is 4.14. The van der Waals surface area contributed by atoms with Crippen LogP contribution in [0.4, 0.5) is 11.4 Å². The Morgan fingerprint density at radius 3 is 2.89 bits per heavy atom. The summed E-state index contributed by atoms with van der Waals surface area (Å²) in [5.41, 5.74) is 9.06. The lowest BCUT2D eigenvalue weighted by Crippen LogP contribution is -2.16. The predicted octanol–water partition coefficient (Wildman–Crippen LogP) is 2.17. The van der Waals surface area contributed by atoms with E-state index in [-0.39, 0.29) is 0 Å². The Balaban J connectivity index is 2.16. The number of aromatic nitrogens is 1. The number of hydrogen-bond acceptors (Lipinski definition) is 4. The molecule has 0 unspecified atom stereocenters. The molecule has 1 heterocycles. The summed E-state index contributed by atoms with van der Waals surface area (Å²) < 4.78 is 0. The van der Waals surface area contributed by atoms with E-state index in [2.05, 4.69) is 11.1 Å². The van der Waals surface area contributed by atoms with E-state index in [1.165, 1.54) is 0 Å². The Labute approximate surface area is 106 Å². The summed E-state index contributed by atoms with van der Waals surface area (Å²) in [6.07, 6.45) is 3.39. The highest BCUT2D eigenvalue weighted by atomic mass is 15.1. The molecule has 0 radical (unpaired) electrons. The fraction of sp³-hybridized carbons (Fsp3) is 0.143. The van der Waals surface area contributed by atoms with Gasteiger partial charge in [-0.05, 0) is 23.8 Å². The lowest BCUT2D eigenvalue weighted by molar-refractivity contribution is 0.918. The van der Waals surface area contributed by atoms with Gasteiger partial charge in [-0.3, -0.25) is 4.98 Å². The molecule has 0 bridgehead atoms. The molecule has 0 aliphatic carbocycles. The molecule has 2 aromatic rings. The number of hydrogen-bond donors (Lipinski definition) is 1. The van der Waals surface area contributed by atoms with Crippen LogP contribution in [0.2, 0.25) is 0 Å². The highest BCUT2D eigenvalue weighted by molar-refractivity contribution is 5.53. The molecule has 0 saturated carbocycles. The molecule has 4 nitrogen and oxygen atoms in total. The zero-order valence-electron chi connectivity index (χ0n) is 10.2. The Bertz CT molecular complexity index is 586. The lowest BCUT2D eigenvalue weighted by Gasteiger charge is -2.19. The molecule has 0 amide bonds. The van der Waals surface area contributed by atoms with Crippen molar-refractivity contribution in [1.82, 2.24) is 4.98 Å². The topological polar surface area (TPSA) is 65.9 Å². The fourth-order valence-electron chi connectivity index (χ4n) is 1.76. The summed E-state index contributed by atoms with van der Waals surface area (Å²) in [6.45, 7) is 0.709. The molecular formula is C14H14N4. The number of nitrogens with two attached hydrogens (primary N) is 1. The van der Waals surface area contributed by atoms with Gasteiger partial charge in [0.2, 0.25) is 0 Å². The first-order valence-corrected chi connectivity index (χ1v) is 5.60. The van der Waals surface area contributed by atoms with Crippen molar-refractivity contribution in [3.63, 3.8) is 0 Å². The van der Waals surface area contributed by atoms with Crippen molar-refractivity contribution in [2.45, 2.75) is 6.54 Å². The average molecular weight is 238 g/mol. The first kappa shape index (κ1) is 11.9. The smallest absolute Gasteiger partial charge is 0.0991 e. The van der Waals surface area contributed by atoms with Gasteiger partial charge in [-0.25, -0.2) is 0 Å². The van der Waals surface area contributed by atoms with Gasteiger partial charge in [0, 0.05) is 19.8 Å². The summed E-state index contributed by atoms with van der Waals surface area (Å²) >= 11 is 0. The first-order chi connectivity index (χ1) is 8.69. The van der Waals surface area contributed by atoms with Gasteiger partial charge >= 0.3 is 0 Å². The molecule has 4 heteroatoms. The summed E-state index contributed by atoms with van der Waals surface area (Å²) in [4.78, 5) is 6.10. The van der Waals surface area contributed by atoms with Crippen molar-refractivity contribution in [3.8, 4) is 6.07 Å². The Morgan fingerprint density at radius 1 is 1.33 bits per heavy atom. The van der Waals surface area contributed by atoms with Gasteiger partial charge in [-0.1, -0.05) is 12.1 Å². The molecule has 2 rings (SSSR count). The van der Waals surface area contributed by atoms with E-state index in [0.717, 1.165) is 11.3 Å². The van der Waals surface area contributed by atoms with E-state index in [1.807, 2.05) is 36.2 Å². The number of pyridine rings is 1. The van der Waals surface area contributed by atoms with Crippen molar-refractivity contribution in [2.24, 2.45) is 0 Å². The largest absolute Gasteiger partial charge is 0.397 e. The quantitative estimate of drug-likeness (QED) is 0.890. The van der Waals surface area contributed by atoms with Crippen LogP contribution in [0.3, 0.4) is 0 Å². The molecule has 90 valence electrons. The summed E-state index contributed by atoms with van der Waals surface area (Å²) in [7, 11) is 1.97. The van der Waals surface area contributed by atoms with Crippen LogP contribution in [-0.2, 0) is 6.54 Å². The Kier molecular flexibility index (Phi) is 3.44. The van der Waals surface area contributed by atoms with Crippen LogP contribution in [0.5, 0.6) is 0 Å².